The van der Waals surface area contributed by atoms with Crippen molar-refractivity contribution in [1.29, 1.82) is 0 Å². The fourth-order valence-corrected chi connectivity index (χ4v) is 2.39. The monoisotopic (exact) mass is 280 g/mol. The highest BCUT2D eigenvalue weighted by atomic mass is 35.5. The predicted molar refractivity (Wildman–Crippen MR) is 79.4 cm³/mol. The average Bonchev–Trinajstić information content (AvgIpc) is 2.30. The number of hydrogen-bond donors (Lipinski definition) is 2. The van der Waals surface area contributed by atoms with Crippen LogP contribution in [0, 0.1) is 6.92 Å². The number of nitrogens with two attached hydrogens (primary N) is 1. The second kappa shape index (κ2) is 5.51. The molecule has 2 aromatic carbocycles. The molecule has 2 nitrogen and oxygen atoms in total. The van der Waals surface area contributed by atoms with Crippen LogP contribution in [0.15, 0.2) is 36.4 Å². The summed E-state index contributed by atoms with van der Waals surface area (Å²) in [7, 11) is 0. The van der Waals surface area contributed by atoms with E-state index in [-0.39, 0.29) is 0 Å². The number of halogens is 2. The summed E-state index contributed by atoms with van der Waals surface area (Å²) < 4.78 is 0. The van der Waals surface area contributed by atoms with Crippen molar-refractivity contribution < 1.29 is 0 Å². The van der Waals surface area contributed by atoms with Gasteiger partial charge in [0.2, 0.25) is 0 Å². The summed E-state index contributed by atoms with van der Waals surface area (Å²) in [6, 6.07) is 11.5. The van der Waals surface area contributed by atoms with Gasteiger partial charge < -0.3 is 11.1 Å². The molecule has 2 rings (SSSR count). The molecule has 94 valence electrons. The van der Waals surface area contributed by atoms with Crippen LogP contribution >= 0.6 is 23.2 Å². The minimum absolute atomic E-state index is 0.536. The molecule has 0 aliphatic rings. The number of hydrogen-bond acceptors (Lipinski definition) is 2. The molecule has 4 heteroatoms. The molecular formula is C14H14Cl2N2. The van der Waals surface area contributed by atoms with E-state index in [0.29, 0.717) is 22.3 Å². The zero-order valence-corrected chi connectivity index (χ0v) is 11.5. The second-order valence-electron chi connectivity index (χ2n) is 4.14. The summed E-state index contributed by atoms with van der Waals surface area (Å²) in [5, 5.41) is 4.32. The Hall–Kier alpha value is -1.38. The molecule has 2 aromatic rings. The van der Waals surface area contributed by atoms with Gasteiger partial charge >= 0.3 is 0 Å². The molecule has 0 bridgehead atoms. The fourth-order valence-electron chi connectivity index (χ4n) is 1.75. The van der Waals surface area contributed by atoms with E-state index in [2.05, 4.69) is 24.4 Å². The fraction of sp³-hybridized carbons (Fsp3) is 0.143. The van der Waals surface area contributed by atoms with Crippen molar-refractivity contribution >= 4 is 34.6 Å². The van der Waals surface area contributed by atoms with Crippen LogP contribution in [0.3, 0.4) is 0 Å². The highest BCUT2D eigenvalue weighted by Gasteiger charge is 2.07. The van der Waals surface area contributed by atoms with Gasteiger partial charge in [0, 0.05) is 12.2 Å². The summed E-state index contributed by atoms with van der Waals surface area (Å²) in [5.74, 6) is 0. The molecule has 0 aliphatic carbocycles. The van der Waals surface area contributed by atoms with Crippen molar-refractivity contribution in [3.8, 4) is 0 Å². The standard InChI is InChI=1S/C14H14Cl2N2/c1-9-4-2-3-5-10(9)8-18-14-12(15)6-11(17)7-13(14)16/h2-7,18H,8,17H2,1H3. The van der Waals surface area contributed by atoms with Gasteiger partial charge in [0.25, 0.3) is 0 Å². The van der Waals surface area contributed by atoms with Gasteiger partial charge in [-0.1, -0.05) is 47.5 Å². The molecule has 0 unspecified atom stereocenters. The van der Waals surface area contributed by atoms with Crippen LogP contribution in [0.5, 0.6) is 0 Å². The summed E-state index contributed by atoms with van der Waals surface area (Å²) in [6.07, 6.45) is 0. The smallest absolute Gasteiger partial charge is 0.0723 e. The zero-order chi connectivity index (χ0) is 13.1. The van der Waals surface area contributed by atoms with Crippen molar-refractivity contribution in [2.75, 3.05) is 11.1 Å². The molecule has 18 heavy (non-hydrogen) atoms. The summed E-state index contributed by atoms with van der Waals surface area (Å²) in [5.41, 5.74) is 9.38. The predicted octanol–water partition coefficient (Wildman–Crippen LogP) is 4.50. The van der Waals surface area contributed by atoms with E-state index in [1.807, 2.05) is 12.1 Å². The van der Waals surface area contributed by atoms with Crippen LogP contribution in [-0.4, -0.2) is 0 Å². The van der Waals surface area contributed by atoms with E-state index in [0.717, 1.165) is 5.69 Å². The lowest BCUT2D eigenvalue weighted by Crippen LogP contribution is -2.02. The molecule has 0 heterocycles. The molecule has 3 N–H and O–H groups in total. The third-order valence-electron chi connectivity index (χ3n) is 2.78. The van der Waals surface area contributed by atoms with Crippen LogP contribution in [0.2, 0.25) is 10.0 Å². The van der Waals surface area contributed by atoms with Gasteiger partial charge in [-0.15, -0.1) is 0 Å². The first kappa shape index (κ1) is 13.1. The van der Waals surface area contributed by atoms with E-state index in [9.17, 15) is 0 Å². The topological polar surface area (TPSA) is 38.0 Å². The summed E-state index contributed by atoms with van der Waals surface area (Å²) in [6.45, 7) is 2.75. The van der Waals surface area contributed by atoms with Gasteiger partial charge in [-0.2, -0.15) is 0 Å². The third kappa shape index (κ3) is 2.89. The Morgan fingerprint density at radius 3 is 2.33 bits per heavy atom. The number of aryl methyl sites for hydroxylation is 1. The highest BCUT2D eigenvalue weighted by Crippen LogP contribution is 2.33. The number of anilines is 2. The number of benzene rings is 2. The van der Waals surface area contributed by atoms with Crippen LogP contribution < -0.4 is 11.1 Å². The maximum absolute atomic E-state index is 6.11. The van der Waals surface area contributed by atoms with Gasteiger partial charge in [-0.25, -0.2) is 0 Å². The van der Waals surface area contributed by atoms with Crippen LogP contribution in [0.4, 0.5) is 11.4 Å². The lowest BCUT2D eigenvalue weighted by molar-refractivity contribution is 1.12. The molecule has 0 fully saturated rings. The van der Waals surface area contributed by atoms with Crippen molar-refractivity contribution in [2.24, 2.45) is 0 Å². The number of nitrogen functional groups attached to an aromatic ring is 1. The molecule has 0 aromatic heterocycles. The Bertz CT molecular complexity index is 544. The van der Waals surface area contributed by atoms with Crippen molar-refractivity contribution in [3.63, 3.8) is 0 Å². The van der Waals surface area contributed by atoms with E-state index in [4.69, 9.17) is 28.9 Å². The van der Waals surface area contributed by atoms with E-state index in [1.165, 1.54) is 11.1 Å². The molecule has 0 radical (unpaired) electrons. The van der Waals surface area contributed by atoms with Crippen molar-refractivity contribution in [1.82, 2.24) is 0 Å². The molecular weight excluding hydrogens is 267 g/mol. The minimum atomic E-state index is 0.536. The van der Waals surface area contributed by atoms with Crippen molar-refractivity contribution in [3.05, 3.63) is 57.6 Å². The normalized spacial score (nSPS) is 10.4. The molecule has 0 saturated heterocycles. The molecule has 0 aliphatic heterocycles. The Morgan fingerprint density at radius 1 is 1.11 bits per heavy atom. The second-order valence-corrected chi connectivity index (χ2v) is 4.95. The molecule has 0 atom stereocenters. The lowest BCUT2D eigenvalue weighted by Gasteiger charge is -2.12. The van der Waals surface area contributed by atoms with Gasteiger partial charge in [0.15, 0.2) is 0 Å². The maximum atomic E-state index is 6.11. The first-order valence-corrected chi connectivity index (χ1v) is 6.36. The SMILES string of the molecule is Cc1ccccc1CNc1c(Cl)cc(N)cc1Cl. The molecule has 0 amide bonds. The Kier molecular flexibility index (Phi) is 4.00. The first-order chi connectivity index (χ1) is 8.58. The maximum Gasteiger partial charge on any atom is 0.0723 e. The lowest BCUT2D eigenvalue weighted by atomic mass is 10.1. The molecule has 0 saturated carbocycles. The Balaban J connectivity index is 2.19. The zero-order valence-electron chi connectivity index (χ0n) is 10.0. The van der Waals surface area contributed by atoms with Crippen LogP contribution in [-0.2, 0) is 6.54 Å². The average molecular weight is 281 g/mol. The summed E-state index contributed by atoms with van der Waals surface area (Å²) >= 11 is 12.2. The minimum Gasteiger partial charge on any atom is -0.399 e. The Morgan fingerprint density at radius 2 is 1.72 bits per heavy atom. The van der Waals surface area contributed by atoms with Gasteiger partial charge in [-0.3, -0.25) is 0 Å². The number of rotatable bonds is 3. The van der Waals surface area contributed by atoms with Gasteiger partial charge in [0.1, 0.15) is 0 Å². The summed E-state index contributed by atoms with van der Waals surface area (Å²) in [4.78, 5) is 0. The largest absolute Gasteiger partial charge is 0.399 e. The molecule has 0 spiro atoms. The van der Waals surface area contributed by atoms with Gasteiger partial charge in [-0.05, 0) is 30.2 Å². The van der Waals surface area contributed by atoms with Crippen LogP contribution in [0.1, 0.15) is 11.1 Å². The van der Waals surface area contributed by atoms with E-state index >= 15 is 0 Å². The van der Waals surface area contributed by atoms with E-state index in [1.54, 1.807) is 12.1 Å². The van der Waals surface area contributed by atoms with Gasteiger partial charge in [0.05, 0.1) is 15.7 Å². The van der Waals surface area contributed by atoms with Crippen LogP contribution in [0.25, 0.3) is 0 Å². The van der Waals surface area contributed by atoms with E-state index < -0.39 is 0 Å². The Labute approximate surface area is 117 Å². The first-order valence-electron chi connectivity index (χ1n) is 5.61. The highest BCUT2D eigenvalue weighted by molar-refractivity contribution is 6.39. The number of nitrogens with one attached hydrogen (secondary N) is 1. The van der Waals surface area contributed by atoms with Crippen molar-refractivity contribution in [2.45, 2.75) is 13.5 Å². The third-order valence-corrected chi connectivity index (χ3v) is 3.38. The quantitative estimate of drug-likeness (QED) is 0.813.